The Morgan fingerprint density at radius 2 is 1.47 bits per heavy atom. The topological polar surface area (TPSA) is 83.1 Å². The third-order valence-electron chi connectivity index (χ3n) is 13.5. The molecular weight excluding hydrogens is 765 g/mol. The molecule has 0 bridgehead atoms. The summed E-state index contributed by atoms with van der Waals surface area (Å²) in [6.45, 7) is 28.2. The summed E-state index contributed by atoms with van der Waals surface area (Å²) in [5.74, 6) is -0.678. The normalized spacial score (nSPS) is 33.4. The highest BCUT2D eigenvalue weighted by Gasteiger charge is 2.54. The standard InChI is InChI=1S/C47H70O9Si2/c1-45(2,3)57(9,10)50-29-35(56-58(11,12)46(4,5)6)23-22-34-18-15-19-38-42(51-34)44(48-28-31-20-21-32-16-13-14-17-33(32)26-31)43-40(52-38)27-39-36(54-43)24-25-37-41(53-39)30-49-47(7,8)55-37/h13-18,20-26,34-44H,19,27-30H2,1-12H3/b23-22+/t34-,35+,36-,37+,38+,39+,40-,41-,42+,43-,44-/m1/s1. The molecule has 3 fully saturated rings. The van der Waals surface area contributed by atoms with Gasteiger partial charge in [-0.1, -0.05) is 114 Å². The van der Waals surface area contributed by atoms with Gasteiger partial charge in [-0.25, -0.2) is 0 Å². The Morgan fingerprint density at radius 3 is 2.21 bits per heavy atom. The zero-order valence-electron chi connectivity index (χ0n) is 37.1. The van der Waals surface area contributed by atoms with Crippen molar-refractivity contribution in [3.63, 3.8) is 0 Å². The molecule has 7 rings (SSSR count). The van der Waals surface area contributed by atoms with Crippen molar-refractivity contribution in [1.29, 1.82) is 0 Å². The maximum absolute atomic E-state index is 7.08. The van der Waals surface area contributed by atoms with E-state index >= 15 is 0 Å². The first-order chi connectivity index (χ1) is 27.2. The van der Waals surface area contributed by atoms with Gasteiger partial charge in [0.15, 0.2) is 22.4 Å². The second-order valence-electron chi connectivity index (χ2n) is 20.5. The predicted octanol–water partition coefficient (Wildman–Crippen LogP) is 9.81. The molecule has 2 aromatic rings. The van der Waals surface area contributed by atoms with Crippen LogP contribution in [0.2, 0.25) is 36.3 Å². The molecule has 0 amide bonds. The monoisotopic (exact) mass is 834 g/mol. The molecule has 0 radical (unpaired) electrons. The lowest BCUT2D eigenvalue weighted by Gasteiger charge is -2.51. The number of hydrogen-bond acceptors (Lipinski definition) is 9. The van der Waals surface area contributed by atoms with Crippen LogP contribution in [0.3, 0.4) is 0 Å². The Labute approximate surface area is 350 Å². The van der Waals surface area contributed by atoms with Gasteiger partial charge >= 0.3 is 0 Å². The van der Waals surface area contributed by atoms with Gasteiger partial charge in [0, 0.05) is 6.42 Å². The van der Waals surface area contributed by atoms with Crippen molar-refractivity contribution in [2.24, 2.45) is 0 Å². The first kappa shape index (κ1) is 44.1. The summed E-state index contributed by atoms with van der Waals surface area (Å²) < 4.78 is 60.8. The molecule has 3 saturated heterocycles. The maximum Gasteiger partial charge on any atom is 0.192 e. The summed E-state index contributed by atoms with van der Waals surface area (Å²) in [5, 5.41) is 2.54. The molecule has 320 valence electrons. The van der Waals surface area contributed by atoms with Gasteiger partial charge in [0.05, 0.1) is 50.3 Å². The van der Waals surface area contributed by atoms with Crippen molar-refractivity contribution < 1.29 is 42.0 Å². The van der Waals surface area contributed by atoms with E-state index in [2.05, 4.69) is 147 Å². The molecule has 0 unspecified atom stereocenters. The van der Waals surface area contributed by atoms with Crippen LogP contribution in [0.15, 0.2) is 78.9 Å². The minimum Gasteiger partial charge on any atom is -0.414 e. The molecule has 5 aliphatic heterocycles. The van der Waals surface area contributed by atoms with E-state index in [1.54, 1.807) is 0 Å². The quantitative estimate of drug-likeness (QED) is 0.172. The first-order valence-corrected chi connectivity index (χ1v) is 27.4. The van der Waals surface area contributed by atoms with E-state index in [0.717, 1.165) is 5.56 Å². The van der Waals surface area contributed by atoms with Gasteiger partial charge in [0.1, 0.15) is 36.6 Å². The second kappa shape index (κ2) is 17.0. The zero-order chi connectivity index (χ0) is 41.7. The summed E-state index contributed by atoms with van der Waals surface area (Å²) >= 11 is 0. The van der Waals surface area contributed by atoms with Crippen molar-refractivity contribution in [2.75, 3.05) is 13.2 Å². The lowest BCUT2D eigenvalue weighted by atomic mass is 9.87. The minimum absolute atomic E-state index is 0.0551. The predicted molar refractivity (Wildman–Crippen MR) is 234 cm³/mol. The van der Waals surface area contributed by atoms with Crippen molar-refractivity contribution in [3.05, 3.63) is 84.5 Å². The molecule has 0 N–H and O–H groups in total. The summed E-state index contributed by atoms with van der Waals surface area (Å²) in [7, 11) is -4.14. The molecule has 9 nitrogen and oxygen atoms in total. The van der Waals surface area contributed by atoms with Crippen LogP contribution in [0, 0.1) is 0 Å². The summed E-state index contributed by atoms with van der Waals surface area (Å²) in [4.78, 5) is 0. The van der Waals surface area contributed by atoms with Crippen LogP contribution < -0.4 is 0 Å². The van der Waals surface area contributed by atoms with Crippen LogP contribution in [0.5, 0.6) is 0 Å². The lowest BCUT2D eigenvalue weighted by molar-refractivity contribution is -0.322. The third kappa shape index (κ3) is 10.0. The first-order valence-electron chi connectivity index (χ1n) is 21.6. The molecule has 0 saturated carbocycles. The molecule has 11 atom stereocenters. The largest absolute Gasteiger partial charge is 0.414 e. The van der Waals surface area contributed by atoms with Gasteiger partial charge in [-0.2, -0.15) is 0 Å². The Morgan fingerprint density at radius 1 is 0.776 bits per heavy atom. The molecule has 0 aromatic heterocycles. The van der Waals surface area contributed by atoms with Gasteiger partial charge in [-0.15, -0.1) is 0 Å². The molecule has 11 heteroatoms. The molecule has 0 aliphatic carbocycles. The van der Waals surface area contributed by atoms with Crippen LogP contribution in [0.1, 0.15) is 73.8 Å². The van der Waals surface area contributed by atoms with E-state index in [9.17, 15) is 0 Å². The van der Waals surface area contributed by atoms with Crippen molar-refractivity contribution in [1.82, 2.24) is 0 Å². The van der Waals surface area contributed by atoms with Crippen LogP contribution in [0.4, 0.5) is 0 Å². The Kier molecular flexibility index (Phi) is 12.9. The van der Waals surface area contributed by atoms with E-state index in [1.807, 2.05) is 13.8 Å². The van der Waals surface area contributed by atoms with Crippen molar-refractivity contribution in [2.45, 2.75) is 184 Å². The number of hydrogen-bond donors (Lipinski definition) is 0. The zero-order valence-corrected chi connectivity index (χ0v) is 39.1. The van der Waals surface area contributed by atoms with Crippen molar-refractivity contribution in [3.8, 4) is 0 Å². The number of fused-ring (bicyclic) bond motifs is 5. The van der Waals surface area contributed by atoms with E-state index in [-0.39, 0.29) is 71.1 Å². The van der Waals surface area contributed by atoms with Crippen LogP contribution in [0.25, 0.3) is 10.8 Å². The van der Waals surface area contributed by atoms with Crippen LogP contribution >= 0.6 is 0 Å². The highest BCUT2D eigenvalue weighted by molar-refractivity contribution is 6.74. The molecule has 5 aliphatic rings. The second-order valence-corrected chi connectivity index (χ2v) is 30.0. The number of ether oxygens (including phenoxy) is 7. The highest BCUT2D eigenvalue weighted by Crippen LogP contribution is 2.42. The fourth-order valence-corrected chi connectivity index (χ4v) is 10.3. The summed E-state index contributed by atoms with van der Waals surface area (Å²) in [6.07, 6.45) is 11.1. The van der Waals surface area contributed by atoms with E-state index in [1.165, 1.54) is 10.8 Å². The van der Waals surface area contributed by atoms with Gasteiger partial charge < -0.3 is 42.0 Å². The summed E-state index contributed by atoms with van der Waals surface area (Å²) in [6, 6.07) is 15.0. The van der Waals surface area contributed by atoms with Gasteiger partial charge in [-0.3, -0.25) is 0 Å². The Hall–Kier alpha value is -2.01. The van der Waals surface area contributed by atoms with E-state index in [0.29, 0.717) is 32.7 Å². The third-order valence-corrected chi connectivity index (χ3v) is 22.5. The van der Waals surface area contributed by atoms with E-state index < -0.39 is 28.5 Å². The fourth-order valence-electron chi connectivity index (χ4n) is 7.99. The fraction of sp³-hybridized carbons (Fsp3) is 0.660. The molecule has 58 heavy (non-hydrogen) atoms. The summed E-state index contributed by atoms with van der Waals surface area (Å²) in [5.41, 5.74) is 1.10. The number of rotatable bonds is 10. The molecule has 0 spiro atoms. The Balaban J connectivity index is 1.14. The van der Waals surface area contributed by atoms with Gasteiger partial charge in [0.2, 0.25) is 0 Å². The van der Waals surface area contributed by atoms with Crippen LogP contribution in [-0.2, 0) is 48.6 Å². The Bertz CT molecular complexity index is 1810. The SMILES string of the molecule is CC1(C)OC[C@H]2O[C@H]3C[C@H]4O[C@H]5CC=C[C@H](/C=C/[C@@H](CO[Si](C)(C)C(C)(C)C)O[Si](C)(C)C(C)(C)C)O[C@@H]5[C@@H](OCc5ccc6ccccc6c5)[C@@H]4O[C@@H]3C=C[C@@H]2O1. The maximum atomic E-state index is 7.08. The highest BCUT2D eigenvalue weighted by atomic mass is 28.4. The molecular formula is C47H70O9Si2. The average molecular weight is 835 g/mol. The average Bonchev–Trinajstić information content (AvgIpc) is 3.45. The van der Waals surface area contributed by atoms with Crippen molar-refractivity contribution >= 4 is 27.4 Å². The van der Waals surface area contributed by atoms with Crippen LogP contribution in [-0.4, -0.2) is 103 Å². The van der Waals surface area contributed by atoms with Gasteiger partial charge in [-0.05, 0) is 78.9 Å². The van der Waals surface area contributed by atoms with Gasteiger partial charge in [0.25, 0.3) is 0 Å². The molecule has 5 heterocycles. The lowest BCUT2D eigenvalue weighted by Crippen LogP contribution is -2.64. The van der Waals surface area contributed by atoms with E-state index in [4.69, 9.17) is 42.0 Å². The number of benzene rings is 2. The minimum atomic E-state index is -2.12. The smallest absolute Gasteiger partial charge is 0.192 e. The molecule has 2 aromatic carbocycles.